The van der Waals surface area contributed by atoms with Crippen LogP contribution in [0.1, 0.15) is 24.4 Å². The minimum Gasteiger partial charge on any atom is -0.318 e. The molecule has 0 saturated carbocycles. The second kappa shape index (κ2) is 3.94. The standard InChI is InChI=1S/C13H13N3O2/c1-8-3-2-4-9-12(8)14-7-16(9)10-5-6-11(17)15-13(10)18/h2-4,7,10H,5-6H2,1H3,(H,15,17,18). The Morgan fingerprint density at radius 1 is 1.39 bits per heavy atom. The molecule has 1 aliphatic rings. The summed E-state index contributed by atoms with van der Waals surface area (Å²) in [6.07, 6.45) is 2.59. The largest absolute Gasteiger partial charge is 0.318 e. The summed E-state index contributed by atoms with van der Waals surface area (Å²) >= 11 is 0. The molecule has 2 amide bonds. The van der Waals surface area contributed by atoms with Gasteiger partial charge in [-0.1, -0.05) is 12.1 Å². The van der Waals surface area contributed by atoms with Crippen LogP contribution in [0.4, 0.5) is 0 Å². The van der Waals surface area contributed by atoms with Crippen LogP contribution in [0.2, 0.25) is 0 Å². The van der Waals surface area contributed by atoms with Gasteiger partial charge in [-0.3, -0.25) is 14.9 Å². The summed E-state index contributed by atoms with van der Waals surface area (Å²) in [5, 5.41) is 2.37. The Hall–Kier alpha value is -2.17. The fourth-order valence-corrected chi connectivity index (χ4v) is 2.40. The summed E-state index contributed by atoms with van der Waals surface area (Å²) in [4.78, 5) is 27.3. The first kappa shape index (κ1) is 11.0. The number of rotatable bonds is 1. The topological polar surface area (TPSA) is 64.0 Å². The number of aryl methyl sites for hydroxylation is 1. The van der Waals surface area contributed by atoms with E-state index in [1.165, 1.54) is 0 Å². The van der Waals surface area contributed by atoms with E-state index in [2.05, 4.69) is 10.3 Å². The van der Waals surface area contributed by atoms with Gasteiger partial charge in [0.15, 0.2) is 0 Å². The number of carbonyl (C=O) groups is 2. The molecule has 2 heterocycles. The van der Waals surface area contributed by atoms with E-state index in [9.17, 15) is 9.59 Å². The average Bonchev–Trinajstić information content (AvgIpc) is 2.74. The summed E-state index contributed by atoms with van der Waals surface area (Å²) in [7, 11) is 0. The van der Waals surface area contributed by atoms with Crippen molar-refractivity contribution >= 4 is 22.8 Å². The van der Waals surface area contributed by atoms with Gasteiger partial charge in [0.2, 0.25) is 11.8 Å². The number of amides is 2. The van der Waals surface area contributed by atoms with Crippen molar-refractivity contribution in [3.05, 3.63) is 30.1 Å². The SMILES string of the molecule is Cc1cccc2c1ncn2C1CCC(=O)NC1=O. The van der Waals surface area contributed by atoms with E-state index in [1.54, 1.807) is 6.33 Å². The van der Waals surface area contributed by atoms with Crippen molar-refractivity contribution in [2.45, 2.75) is 25.8 Å². The number of imidazole rings is 1. The zero-order valence-corrected chi connectivity index (χ0v) is 10.0. The van der Waals surface area contributed by atoms with E-state index in [4.69, 9.17) is 0 Å². The molecule has 1 fully saturated rings. The van der Waals surface area contributed by atoms with Gasteiger partial charge < -0.3 is 4.57 Å². The van der Waals surface area contributed by atoms with Crippen LogP contribution in [0.3, 0.4) is 0 Å². The number of aromatic nitrogens is 2. The second-order valence-corrected chi connectivity index (χ2v) is 4.56. The number of imide groups is 1. The first-order chi connectivity index (χ1) is 8.66. The molecule has 1 unspecified atom stereocenters. The number of benzene rings is 1. The van der Waals surface area contributed by atoms with E-state index in [-0.39, 0.29) is 17.9 Å². The second-order valence-electron chi connectivity index (χ2n) is 4.56. The molecule has 1 atom stereocenters. The number of nitrogens with one attached hydrogen (secondary N) is 1. The highest BCUT2D eigenvalue weighted by atomic mass is 16.2. The van der Waals surface area contributed by atoms with Crippen molar-refractivity contribution in [1.29, 1.82) is 0 Å². The Kier molecular flexibility index (Phi) is 2.40. The number of para-hydroxylation sites is 1. The molecular formula is C13H13N3O2. The summed E-state index contributed by atoms with van der Waals surface area (Å²) in [5.41, 5.74) is 2.92. The van der Waals surface area contributed by atoms with Crippen LogP contribution in [0.15, 0.2) is 24.5 Å². The van der Waals surface area contributed by atoms with Crippen molar-refractivity contribution < 1.29 is 9.59 Å². The van der Waals surface area contributed by atoms with Gasteiger partial charge in [-0.25, -0.2) is 4.98 Å². The van der Waals surface area contributed by atoms with Crippen molar-refractivity contribution in [3.63, 3.8) is 0 Å². The number of piperidine rings is 1. The molecule has 1 N–H and O–H groups in total. The molecular weight excluding hydrogens is 230 g/mol. The van der Waals surface area contributed by atoms with Crippen LogP contribution in [-0.2, 0) is 9.59 Å². The van der Waals surface area contributed by atoms with Crippen molar-refractivity contribution in [3.8, 4) is 0 Å². The lowest BCUT2D eigenvalue weighted by atomic mass is 10.1. The first-order valence-electron chi connectivity index (χ1n) is 5.92. The third-order valence-corrected chi connectivity index (χ3v) is 3.35. The minimum absolute atomic E-state index is 0.197. The molecule has 1 saturated heterocycles. The molecule has 1 aromatic carbocycles. The summed E-state index contributed by atoms with van der Waals surface area (Å²) in [6.45, 7) is 1.99. The van der Waals surface area contributed by atoms with Gasteiger partial charge in [-0.15, -0.1) is 0 Å². The molecule has 0 bridgehead atoms. The predicted molar refractivity (Wildman–Crippen MR) is 65.9 cm³/mol. The van der Waals surface area contributed by atoms with Gasteiger partial charge in [-0.05, 0) is 25.0 Å². The van der Waals surface area contributed by atoms with E-state index in [1.807, 2.05) is 29.7 Å². The Morgan fingerprint density at radius 3 is 3.00 bits per heavy atom. The van der Waals surface area contributed by atoms with Gasteiger partial charge in [-0.2, -0.15) is 0 Å². The summed E-state index contributed by atoms with van der Waals surface area (Å²) in [5.74, 6) is -0.441. The van der Waals surface area contributed by atoms with Crippen LogP contribution in [0.5, 0.6) is 0 Å². The molecule has 0 aliphatic carbocycles. The smallest absolute Gasteiger partial charge is 0.249 e. The summed E-state index contributed by atoms with van der Waals surface area (Å²) in [6, 6.07) is 5.54. The zero-order valence-electron chi connectivity index (χ0n) is 10.0. The van der Waals surface area contributed by atoms with Crippen LogP contribution >= 0.6 is 0 Å². The highest BCUT2D eigenvalue weighted by Gasteiger charge is 2.28. The Morgan fingerprint density at radius 2 is 2.22 bits per heavy atom. The maximum Gasteiger partial charge on any atom is 0.249 e. The molecule has 5 nitrogen and oxygen atoms in total. The lowest BCUT2D eigenvalue weighted by Gasteiger charge is -2.22. The zero-order chi connectivity index (χ0) is 12.7. The van der Waals surface area contributed by atoms with E-state index in [0.29, 0.717) is 12.8 Å². The maximum absolute atomic E-state index is 11.9. The Labute approximate surface area is 104 Å². The van der Waals surface area contributed by atoms with Gasteiger partial charge >= 0.3 is 0 Å². The van der Waals surface area contributed by atoms with Gasteiger partial charge in [0.25, 0.3) is 0 Å². The molecule has 5 heteroatoms. The predicted octanol–water partition coefficient (Wildman–Crippen LogP) is 1.32. The monoisotopic (exact) mass is 243 g/mol. The number of carbonyl (C=O) groups excluding carboxylic acids is 2. The molecule has 0 radical (unpaired) electrons. The first-order valence-corrected chi connectivity index (χ1v) is 5.92. The minimum atomic E-state index is -0.338. The third-order valence-electron chi connectivity index (χ3n) is 3.35. The highest BCUT2D eigenvalue weighted by Crippen LogP contribution is 2.25. The quantitative estimate of drug-likeness (QED) is 0.768. The van der Waals surface area contributed by atoms with Crippen molar-refractivity contribution in [2.75, 3.05) is 0 Å². The van der Waals surface area contributed by atoms with E-state index in [0.717, 1.165) is 16.6 Å². The fourth-order valence-electron chi connectivity index (χ4n) is 2.40. The Balaban J connectivity index is 2.07. The van der Waals surface area contributed by atoms with Crippen LogP contribution in [-0.4, -0.2) is 21.4 Å². The molecule has 18 heavy (non-hydrogen) atoms. The summed E-state index contributed by atoms with van der Waals surface area (Å²) < 4.78 is 1.85. The van der Waals surface area contributed by atoms with Crippen molar-refractivity contribution in [2.24, 2.45) is 0 Å². The lowest BCUT2D eigenvalue weighted by molar-refractivity contribution is -0.135. The average molecular weight is 243 g/mol. The van der Waals surface area contributed by atoms with Gasteiger partial charge in [0.1, 0.15) is 6.04 Å². The number of hydrogen-bond donors (Lipinski definition) is 1. The number of nitrogens with zero attached hydrogens (tertiary/aromatic N) is 2. The maximum atomic E-state index is 11.9. The Bertz CT molecular complexity index is 645. The van der Waals surface area contributed by atoms with Crippen LogP contribution in [0, 0.1) is 6.92 Å². The highest BCUT2D eigenvalue weighted by molar-refractivity contribution is 6.00. The number of fused-ring (bicyclic) bond motifs is 1. The van der Waals surface area contributed by atoms with Crippen LogP contribution in [0.25, 0.3) is 11.0 Å². The molecule has 1 aliphatic heterocycles. The molecule has 0 spiro atoms. The van der Waals surface area contributed by atoms with Crippen molar-refractivity contribution in [1.82, 2.24) is 14.9 Å². The normalized spacial score (nSPS) is 20.2. The van der Waals surface area contributed by atoms with E-state index < -0.39 is 0 Å². The number of hydrogen-bond acceptors (Lipinski definition) is 3. The van der Waals surface area contributed by atoms with E-state index >= 15 is 0 Å². The van der Waals surface area contributed by atoms with Gasteiger partial charge in [0, 0.05) is 6.42 Å². The van der Waals surface area contributed by atoms with Crippen LogP contribution < -0.4 is 5.32 Å². The fraction of sp³-hybridized carbons (Fsp3) is 0.308. The molecule has 92 valence electrons. The molecule has 1 aromatic heterocycles. The van der Waals surface area contributed by atoms with Gasteiger partial charge in [0.05, 0.1) is 17.4 Å². The molecule has 3 rings (SSSR count). The third kappa shape index (κ3) is 1.59. The lowest BCUT2D eigenvalue weighted by Crippen LogP contribution is -2.41. The molecule has 2 aromatic rings.